The zero-order chi connectivity index (χ0) is 22.8. The summed E-state index contributed by atoms with van der Waals surface area (Å²) in [5, 5.41) is 15.0. The summed E-state index contributed by atoms with van der Waals surface area (Å²) >= 11 is 0. The van der Waals surface area contributed by atoms with Crippen LogP contribution in [0, 0.1) is 0 Å². The van der Waals surface area contributed by atoms with Crippen molar-refractivity contribution in [2.45, 2.75) is 25.0 Å². The zero-order valence-corrected chi connectivity index (χ0v) is 18.4. The van der Waals surface area contributed by atoms with E-state index in [-0.39, 0.29) is 11.7 Å². The lowest BCUT2D eigenvalue weighted by Crippen LogP contribution is -2.42. The molecule has 1 amide bonds. The molecule has 2 N–H and O–H groups in total. The highest BCUT2D eigenvalue weighted by Gasteiger charge is 2.34. The lowest BCUT2D eigenvalue weighted by atomic mass is 9.84. The van der Waals surface area contributed by atoms with E-state index >= 15 is 0 Å². The van der Waals surface area contributed by atoms with Crippen LogP contribution in [0.5, 0.6) is 5.75 Å². The fraction of sp³-hybridized carbons (Fsp3) is 0.269. The van der Waals surface area contributed by atoms with Crippen molar-refractivity contribution in [3.8, 4) is 5.75 Å². The molecule has 0 saturated carbocycles. The molecule has 0 spiro atoms. The molecule has 0 aliphatic carbocycles. The Hall–Kier alpha value is -3.55. The minimum Gasteiger partial charge on any atom is -0.497 e. The summed E-state index contributed by atoms with van der Waals surface area (Å²) in [4.78, 5) is 15.0. The maximum Gasteiger partial charge on any atom is 0.291 e. The summed E-state index contributed by atoms with van der Waals surface area (Å²) in [6.45, 7) is 2.40. The monoisotopic (exact) mass is 446 g/mol. The van der Waals surface area contributed by atoms with Gasteiger partial charge in [-0.1, -0.05) is 6.07 Å². The second-order valence-electron chi connectivity index (χ2n) is 8.49. The van der Waals surface area contributed by atoms with Gasteiger partial charge in [-0.15, -0.1) is 0 Å². The number of likely N-dealkylation sites (tertiary alicyclic amines) is 1. The van der Waals surface area contributed by atoms with E-state index in [4.69, 9.17) is 13.6 Å². The van der Waals surface area contributed by atoms with E-state index in [0.29, 0.717) is 24.1 Å². The van der Waals surface area contributed by atoms with Crippen molar-refractivity contribution in [1.29, 1.82) is 0 Å². The highest BCUT2D eigenvalue weighted by atomic mass is 16.5. The summed E-state index contributed by atoms with van der Waals surface area (Å²) in [5.41, 5.74) is 2.35. The summed E-state index contributed by atoms with van der Waals surface area (Å²) in [7, 11) is 1.59. The lowest BCUT2D eigenvalue weighted by Gasteiger charge is -2.38. The molecule has 170 valence electrons. The number of amides is 1. The van der Waals surface area contributed by atoms with Crippen LogP contribution in [0.25, 0.3) is 11.0 Å². The molecule has 33 heavy (non-hydrogen) atoms. The molecule has 4 aromatic rings. The minimum atomic E-state index is -0.899. The first-order valence-corrected chi connectivity index (χ1v) is 11.0. The molecule has 0 bridgehead atoms. The Labute approximate surface area is 191 Å². The number of ether oxygens (including phenoxy) is 1. The standard InChI is InChI=1S/C26H26N2O5/c1-31-22-5-3-21(4-6-22)27-25(29)24-15-19-14-20(2-7-23(19)33-24)26(30)9-11-28(12-10-26)16-18-8-13-32-17-18/h2-8,13-15,17,30H,9-12,16H2,1H3,(H,27,29). The molecule has 0 radical (unpaired) electrons. The molecule has 1 aliphatic rings. The van der Waals surface area contributed by atoms with E-state index in [1.54, 1.807) is 50.0 Å². The Balaban J connectivity index is 1.28. The first kappa shape index (κ1) is 21.3. The number of carbonyl (C=O) groups is 1. The first-order valence-electron chi connectivity index (χ1n) is 11.0. The highest BCUT2D eigenvalue weighted by molar-refractivity contribution is 6.04. The Bertz CT molecular complexity index is 1240. The fourth-order valence-electron chi connectivity index (χ4n) is 4.32. The first-order chi connectivity index (χ1) is 16.0. The number of hydrogen-bond donors (Lipinski definition) is 2. The van der Waals surface area contributed by atoms with Crippen LogP contribution >= 0.6 is 0 Å². The number of aliphatic hydroxyl groups is 1. The van der Waals surface area contributed by atoms with Gasteiger partial charge in [-0.05, 0) is 66.9 Å². The number of furan rings is 2. The molecule has 1 saturated heterocycles. The predicted octanol–water partition coefficient (Wildman–Crippen LogP) is 4.77. The van der Waals surface area contributed by atoms with Gasteiger partial charge >= 0.3 is 0 Å². The van der Waals surface area contributed by atoms with E-state index in [9.17, 15) is 9.90 Å². The average molecular weight is 447 g/mol. The summed E-state index contributed by atoms with van der Waals surface area (Å²) < 4.78 is 16.1. The highest BCUT2D eigenvalue weighted by Crippen LogP contribution is 2.35. The molecule has 2 aromatic carbocycles. The number of carbonyl (C=O) groups excluding carboxylic acids is 1. The van der Waals surface area contributed by atoms with Crippen molar-refractivity contribution in [2.24, 2.45) is 0 Å². The molecule has 5 rings (SSSR count). The molecule has 1 aliphatic heterocycles. The van der Waals surface area contributed by atoms with Crippen molar-refractivity contribution in [1.82, 2.24) is 4.90 Å². The van der Waals surface area contributed by atoms with Gasteiger partial charge in [-0.2, -0.15) is 0 Å². The Morgan fingerprint density at radius 3 is 2.61 bits per heavy atom. The van der Waals surface area contributed by atoms with Crippen molar-refractivity contribution < 1.29 is 23.5 Å². The quantitative estimate of drug-likeness (QED) is 0.444. The van der Waals surface area contributed by atoms with E-state index in [1.165, 1.54) is 0 Å². The number of methoxy groups -OCH3 is 1. The number of rotatable bonds is 6. The van der Waals surface area contributed by atoms with Crippen LogP contribution in [0.1, 0.15) is 34.5 Å². The second-order valence-corrected chi connectivity index (χ2v) is 8.49. The molecular formula is C26H26N2O5. The van der Waals surface area contributed by atoms with Gasteiger partial charge in [0, 0.05) is 36.3 Å². The van der Waals surface area contributed by atoms with Crippen LogP contribution in [-0.2, 0) is 12.1 Å². The minimum absolute atomic E-state index is 0.222. The zero-order valence-electron chi connectivity index (χ0n) is 18.4. The molecular weight excluding hydrogens is 420 g/mol. The summed E-state index contributed by atoms with van der Waals surface area (Å²) in [5.74, 6) is 0.610. The third-order valence-electron chi connectivity index (χ3n) is 6.29. The van der Waals surface area contributed by atoms with Gasteiger partial charge in [-0.3, -0.25) is 9.69 Å². The molecule has 7 heteroatoms. The maximum absolute atomic E-state index is 12.7. The maximum atomic E-state index is 12.7. The fourth-order valence-corrected chi connectivity index (χ4v) is 4.32. The van der Waals surface area contributed by atoms with Crippen molar-refractivity contribution >= 4 is 22.6 Å². The predicted molar refractivity (Wildman–Crippen MR) is 124 cm³/mol. The number of benzene rings is 2. The molecule has 3 heterocycles. The SMILES string of the molecule is COc1ccc(NC(=O)c2cc3cc(C4(O)CCN(Cc5ccoc5)CC4)ccc3o2)cc1. The Morgan fingerprint density at radius 2 is 1.91 bits per heavy atom. The van der Waals surface area contributed by atoms with E-state index < -0.39 is 5.60 Å². The van der Waals surface area contributed by atoms with Crippen molar-refractivity contribution in [2.75, 3.05) is 25.5 Å². The van der Waals surface area contributed by atoms with Crippen LogP contribution < -0.4 is 10.1 Å². The van der Waals surface area contributed by atoms with Crippen LogP contribution in [0.2, 0.25) is 0 Å². The summed E-state index contributed by atoms with van der Waals surface area (Å²) in [6.07, 6.45) is 4.72. The van der Waals surface area contributed by atoms with Gasteiger partial charge in [0.2, 0.25) is 0 Å². The topological polar surface area (TPSA) is 88.1 Å². The van der Waals surface area contributed by atoms with Gasteiger partial charge in [0.1, 0.15) is 11.3 Å². The number of hydrogen-bond acceptors (Lipinski definition) is 6. The number of nitrogens with zero attached hydrogens (tertiary/aromatic N) is 1. The molecule has 2 aromatic heterocycles. The molecule has 0 unspecified atom stereocenters. The van der Waals surface area contributed by atoms with E-state index in [1.807, 2.05) is 24.3 Å². The van der Waals surface area contributed by atoms with Crippen LogP contribution in [-0.4, -0.2) is 36.1 Å². The average Bonchev–Trinajstić information content (AvgIpc) is 3.50. The Morgan fingerprint density at radius 1 is 1.12 bits per heavy atom. The third-order valence-corrected chi connectivity index (χ3v) is 6.29. The third kappa shape index (κ3) is 4.51. The van der Waals surface area contributed by atoms with Gasteiger partial charge in [0.15, 0.2) is 5.76 Å². The van der Waals surface area contributed by atoms with Crippen molar-refractivity contribution in [3.05, 3.63) is 84.0 Å². The van der Waals surface area contributed by atoms with Gasteiger partial charge < -0.3 is 24.0 Å². The molecule has 1 fully saturated rings. The Kier molecular flexibility index (Phi) is 5.66. The van der Waals surface area contributed by atoms with Gasteiger partial charge in [0.05, 0.1) is 25.2 Å². The van der Waals surface area contributed by atoms with Crippen LogP contribution in [0.4, 0.5) is 5.69 Å². The number of piperidine rings is 1. The van der Waals surface area contributed by atoms with E-state index in [2.05, 4.69) is 10.2 Å². The van der Waals surface area contributed by atoms with Gasteiger partial charge in [-0.25, -0.2) is 0 Å². The largest absolute Gasteiger partial charge is 0.497 e. The summed E-state index contributed by atoms with van der Waals surface area (Å²) in [6, 6.07) is 16.4. The second kappa shape index (κ2) is 8.77. The normalized spacial score (nSPS) is 16.1. The van der Waals surface area contributed by atoms with E-state index in [0.717, 1.165) is 41.9 Å². The number of nitrogens with one attached hydrogen (secondary N) is 1. The van der Waals surface area contributed by atoms with Crippen LogP contribution in [0.15, 0.2) is 76.0 Å². The molecule has 0 atom stereocenters. The number of anilines is 1. The van der Waals surface area contributed by atoms with Gasteiger partial charge in [0.25, 0.3) is 5.91 Å². The number of fused-ring (bicyclic) bond motifs is 1. The lowest BCUT2D eigenvalue weighted by molar-refractivity contribution is -0.0276. The molecule has 7 nitrogen and oxygen atoms in total. The van der Waals surface area contributed by atoms with Crippen molar-refractivity contribution in [3.63, 3.8) is 0 Å². The van der Waals surface area contributed by atoms with Crippen LogP contribution in [0.3, 0.4) is 0 Å². The smallest absolute Gasteiger partial charge is 0.291 e.